The van der Waals surface area contributed by atoms with Crippen molar-refractivity contribution < 1.29 is 9.09 Å². The van der Waals surface area contributed by atoms with E-state index in [1.165, 1.54) is 0 Å². The van der Waals surface area contributed by atoms with Gasteiger partial charge in [0, 0.05) is 13.1 Å². The molecule has 1 aliphatic heterocycles. The molecule has 3 nitrogen and oxygen atoms in total. The van der Waals surface area contributed by atoms with Crippen LogP contribution in [0.3, 0.4) is 0 Å². The molecule has 1 fully saturated rings. The molecule has 0 unspecified atom stereocenters. The fraction of sp³-hybridized carbons (Fsp3) is 0.571. The van der Waals surface area contributed by atoms with Crippen molar-refractivity contribution in [3.8, 4) is 0 Å². The topological polar surface area (TPSA) is 29.5 Å². The molecule has 100 valence electrons. The van der Waals surface area contributed by atoms with Crippen LogP contribution in [0.2, 0.25) is 0 Å². The molecule has 2 rings (SSSR count). The minimum Gasteiger partial charge on any atom is -0.314 e. The molecule has 1 aliphatic rings. The highest BCUT2D eigenvalue weighted by Crippen LogP contribution is 2.64. The summed E-state index contributed by atoms with van der Waals surface area (Å²) in [5.74, 6) is 0. The van der Waals surface area contributed by atoms with Crippen molar-refractivity contribution in [1.82, 2.24) is 4.67 Å². The van der Waals surface area contributed by atoms with Gasteiger partial charge in [0.2, 0.25) is 0 Å². The van der Waals surface area contributed by atoms with Gasteiger partial charge in [0.1, 0.15) is 0 Å². The van der Waals surface area contributed by atoms with E-state index in [0.717, 1.165) is 25.1 Å². The van der Waals surface area contributed by atoms with Crippen LogP contribution in [0.15, 0.2) is 30.3 Å². The number of hydrogen-bond acceptors (Lipinski definition) is 2. The minimum atomic E-state index is -2.76. The fourth-order valence-electron chi connectivity index (χ4n) is 2.46. The molecule has 0 amide bonds. The standard InChI is InChI=1S/C14H22NO2P/c1-4-15-11-10-12(2)17-18(15,16)13(3)14-8-6-5-7-9-14/h5-9,12-13H,4,10-11H2,1-3H3/t12-,13+,18+/m0/s1. The van der Waals surface area contributed by atoms with Crippen molar-refractivity contribution in [3.05, 3.63) is 35.9 Å². The molecule has 1 aromatic rings. The summed E-state index contributed by atoms with van der Waals surface area (Å²) in [6, 6.07) is 10.0. The highest BCUT2D eigenvalue weighted by Gasteiger charge is 2.42. The molecule has 0 N–H and O–H groups in total. The summed E-state index contributed by atoms with van der Waals surface area (Å²) in [5.41, 5.74) is 1.02. The molecule has 1 heterocycles. The molecule has 1 aromatic carbocycles. The Morgan fingerprint density at radius 2 is 2.11 bits per heavy atom. The molecule has 18 heavy (non-hydrogen) atoms. The zero-order valence-corrected chi connectivity index (χ0v) is 12.3. The van der Waals surface area contributed by atoms with Crippen molar-refractivity contribution in [1.29, 1.82) is 0 Å². The zero-order chi connectivity index (χ0) is 13.2. The van der Waals surface area contributed by atoms with E-state index in [1.54, 1.807) is 0 Å². The second-order valence-electron chi connectivity index (χ2n) is 4.90. The molecule has 4 heteroatoms. The SMILES string of the molecule is CCN1CC[C@H](C)O[P@]1(=O)[C@H](C)c1ccccc1. The van der Waals surface area contributed by atoms with Crippen LogP contribution in [0.5, 0.6) is 0 Å². The van der Waals surface area contributed by atoms with Gasteiger partial charge in [-0.15, -0.1) is 0 Å². The van der Waals surface area contributed by atoms with E-state index in [9.17, 15) is 4.57 Å². The van der Waals surface area contributed by atoms with Crippen LogP contribution in [0, 0.1) is 0 Å². The fourth-order valence-corrected chi connectivity index (χ4v) is 5.22. The van der Waals surface area contributed by atoms with E-state index in [2.05, 4.69) is 0 Å². The summed E-state index contributed by atoms with van der Waals surface area (Å²) >= 11 is 0. The summed E-state index contributed by atoms with van der Waals surface area (Å²) in [5, 5.41) is 0. The molecule has 0 radical (unpaired) electrons. The minimum absolute atomic E-state index is 0.0681. The third-order valence-electron chi connectivity index (χ3n) is 3.66. The third kappa shape index (κ3) is 2.54. The van der Waals surface area contributed by atoms with Gasteiger partial charge in [0.05, 0.1) is 11.8 Å². The van der Waals surface area contributed by atoms with Crippen molar-refractivity contribution in [2.24, 2.45) is 0 Å². The maximum absolute atomic E-state index is 13.2. The first-order valence-corrected chi connectivity index (χ1v) is 8.31. The molecule has 0 aromatic heterocycles. The molecular formula is C14H22NO2P. The van der Waals surface area contributed by atoms with Crippen molar-refractivity contribution in [2.75, 3.05) is 13.1 Å². The van der Waals surface area contributed by atoms with E-state index in [0.29, 0.717) is 0 Å². The Bertz CT molecular complexity index is 435. The Kier molecular flexibility index (Phi) is 4.26. The van der Waals surface area contributed by atoms with Crippen LogP contribution in [0.25, 0.3) is 0 Å². The molecule has 0 aliphatic carbocycles. The maximum Gasteiger partial charge on any atom is 0.279 e. The number of hydrogen-bond donors (Lipinski definition) is 0. The number of benzene rings is 1. The Balaban J connectivity index is 2.30. The first-order chi connectivity index (χ1) is 8.58. The Hall–Kier alpha value is -0.630. The van der Waals surface area contributed by atoms with Crippen LogP contribution in [0.1, 0.15) is 38.4 Å². The first-order valence-electron chi connectivity index (χ1n) is 6.66. The highest BCUT2D eigenvalue weighted by molar-refractivity contribution is 7.56. The molecular weight excluding hydrogens is 245 g/mol. The van der Waals surface area contributed by atoms with Crippen LogP contribution in [0.4, 0.5) is 0 Å². The second kappa shape index (κ2) is 5.56. The van der Waals surface area contributed by atoms with Gasteiger partial charge in [-0.2, -0.15) is 0 Å². The lowest BCUT2D eigenvalue weighted by molar-refractivity contribution is 0.138. The maximum atomic E-state index is 13.2. The van der Waals surface area contributed by atoms with Gasteiger partial charge < -0.3 is 4.52 Å². The van der Waals surface area contributed by atoms with E-state index >= 15 is 0 Å². The summed E-state index contributed by atoms with van der Waals surface area (Å²) in [4.78, 5) is 0. The summed E-state index contributed by atoms with van der Waals surface area (Å²) in [6.45, 7) is 7.71. The molecule has 1 saturated heterocycles. The lowest BCUT2D eigenvalue weighted by Gasteiger charge is -2.40. The molecule has 0 saturated carbocycles. The second-order valence-corrected chi connectivity index (χ2v) is 7.58. The van der Waals surface area contributed by atoms with Crippen LogP contribution in [-0.4, -0.2) is 23.9 Å². The van der Waals surface area contributed by atoms with E-state index in [4.69, 9.17) is 4.52 Å². The van der Waals surface area contributed by atoms with E-state index in [-0.39, 0.29) is 11.8 Å². The highest BCUT2D eigenvalue weighted by atomic mass is 31.2. The zero-order valence-electron chi connectivity index (χ0n) is 11.4. The van der Waals surface area contributed by atoms with Gasteiger partial charge in [0.25, 0.3) is 7.52 Å². The molecule has 0 bridgehead atoms. The smallest absolute Gasteiger partial charge is 0.279 e. The molecule has 3 atom stereocenters. The number of rotatable bonds is 3. The van der Waals surface area contributed by atoms with Gasteiger partial charge in [-0.3, -0.25) is 4.57 Å². The summed E-state index contributed by atoms with van der Waals surface area (Å²) in [6.07, 6.45) is 1.05. The van der Waals surface area contributed by atoms with Gasteiger partial charge in [-0.1, -0.05) is 37.3 Å². The van der Waals surface area contributed by atoms with E-state index in [1.807, 2.05) is 55.8 Å². The Morgan fingerprint density at radius 1 is 1.44 bits per heavy atom. The van der Waals surface area contributed by atoms with Crippen LogP contribution >= 0.6 is 7.52 Å². The monoisotopic (exact) mass is 267 g/mol. The summed E-state index contributed by atoms with van der Waals surface area (Å²) in [7, 11) is -2.76. The largest absolute Gasteiger partial charge is 0.314 e. The van der Waals surface area contributed by atoms with E-state index < -0.39 is 7.52 Å². The van der Waals surface area contributed by atoms with Crippen molar-refractivity contribution >= 4 is 7.52 Å². The normalized spacial score (nSPS) is 31.2. The van der Waals surface area contributed by atoms with Gasteiger partial charge in [0.15, 0.2) is 0 Å². The van der Waals surface area contributed by atoms with Gasteiger partial charge in [-0.25, -0.2) is 4.67 Å². The Labute approximate surface area is 110 Å². The predicted molar refractivity (Wildman–Crippen MR) is 74.9 cm³/mol. The summed E-state index contributed by atoms with van der Waals surface area (Å²) < 4.78 is 21.1. The lowest BCUT2D eigenvalue weighted by Crippen LogP contribution is -2.33. The van der Waals surface area contributed by atoms with Gasteiger partial charge in [-0.05, 0) is 25.8 Å². The Morgan fingerprint density at radius 3 is 2.72 bits per heavy atom. The molecule has 0 spiro atoms. The first kappa shape index (κ1) is 13.8. The third-order valence-corrected chi connectivity index (χ3v) is 6.87. The quantitative estimate of drug-likeness (QED) is 0.773. The van der Waals surface area contributed by atoms with Crippen molar-refractivity contribution in [3.63, 3.8) is 0 Å². The van der Waals surface area contributed by atoms with Crippen LogP contribution < -0.4 is 0 Å². The average molecular weight is 267 g/mol. The van der Waals surface area contributed by atoms with Crippen molar-refractivity contribution in [2.45, 2.75) is 39.0 Å². The van der Waals surface area contributed by atoms with Gasteiger partial charge >= 0.3 is 0 Å². The average Bonchev–Trinajstić information content (AvgIpc) is 2.39. The number of nitrogens with zero attached hydrogens (tertiary/aromatic N) is 1. The van der Waals surface area contributed by atoms with Crippen LogP contribution in [-0.2, 0) is 9.09 Å². The lowest BCUT2D eigenvalue weighted by atomic mass is 10.2. The predicted octanol–water partition coefficient (Wildman–Crippen LogP) is 4.07.